The molecule has 0 unspecified atom stereocenters. The Bertz CT molecular complexity index is 979. The predicted octanol–water partition coefficient (Wildman–Crippen LogP) is 4.60. The van der Waals surface area contributed by atoms with E-state index in [4.69, 9.17) is 9.15 Å². The van der Waals surface area contributed by atoms with Gasteiger partial charge in [0.1, 0.15) is 11.5 Å². The van der Waals surface area contributed by atoms with E-state index in [1.165, 1.54) is 0 Å². The molecular weight excluding hydrogens is 314 g/mol. The van der Waals surface area contributed by atoms with Gasteiger partial charge in [-0.05, 0) is 42.3 Å². The lowest BCUT2D eigenvalue weighted by Crippen LogP contribution is -2.05. The van der Waals surface area contributed by atoms with E-state index in [0.717, 1.165) is 22.5 Å². The Hall–Kier alpha value is -3.40. The molecule has 0 N–H and O–H groups in total. The topological polar surface area (TPSA) is 51.8 Å². The van der Waals surface area contributed by atoms with Crippen molar-refractivity contribution in [3.63, 3.8) is 0 Å². The molecule has 0 saturated carbocycles. The second-order valence-corrected chi connectivity index (χ2v) is 5.73. The third-order valence-electron chi connectivity index (χ3n) is 3.90. The van der Waals surface area contributed by atoms with Crippen molar-refractivity contribution in [1.29, 1.82) is 0 Å². The molecule has 0 fully saturated rings. The highest BCUT2D eigenvalue weighted by Crippen LogP contribution is 2.23. The number of carbonyl (C=O) groups excluding carboxylic acids is 1. The molecule has 0 bridgehead atoms. The van der Waals surface area contributed by atoms with Gasteiger partial charge in [-0.3, -0.25) is 0 Å². The van der Waals surface area contributed by atoms with Gasteiger partial charge in [0.2, 0.25) is 5.90 Å². The normalized spacial score (nSPS) is 15.3. The number of nitrogens with zero attached hydrogens (tertiary/aromatic N) is 1. The van der Waals surface area contributed by atoms with Gasteiger partial charge in [-0.2, -0.15) is 0 Å². The second-order valence-electron chi connectivity index (χ2n) is 5.73. The lowest BCUT2D eigenvalue weighted by atomic mass is 10.0. The summed E-state index contributed by atoms with van der Waals surface area (Å²) in [5, 5.41) is 0. The van der Waals surface area contributed by atoms with Crippen LogP contribution in [0.3, 0.4) is 0 Å². The van der Waals surface area contributed by atoms with Crippen LogP contribution in [0.5, 0.6) is 0 Å². The van der Waals surface area contributed by atoms with E-state index >= 15 is 0 Å². The van der Waals surface area contributed by atoms with Crippen LogP contribution in [0.2, 0.25) is 0 Å². The van der Waals surface area contributed by atoms with Crippen molar-refractivity contribution in [3.8, 4) is 11.1 Å². The van der Waals surface area contributed by atoms with E-state index < -0.39 is 5.97 Å². The third kappa shape index (κ3) is 3.15. The summed E-state index contributed by atoms with van der Waals surface area (Å²) < 4.78 is 10.7. The molecule has 0 atom stereocenters. The van der Waals surface area contributed by atoms with Gasteiger partial charge in [0, 0.05) is 11.6 Å². The first kappa shape index (κ1) is 15.1. The lowest BCUT2D eigenvalue weighted by molar-refractivity contribution is -0.129. The average Bonchev–Trinajstić information content (AvgIpc) is 3.22. The summed E-state index contributed by atoms with van der Waals surface area (Å²) >= 11 is 0. The number of furan rings is 1. The number of ether oxygens (including phenoxy) is 1. The lowest BCUT2D eigenvalue weighted by Gasteiger charge is -2.03. The Morgan fingerprint density at radius 3 is 2.20 bits per heavy atom. The number of cyclic esters (lactones) is 1. The van der Waals surface area contributed by atoms with Crippen LogP contribution in [0.25, 0.3) is 17.2 Å². The molecule has 2 aromatic carbocycles. The van der Waals surface area contributed by atoms with Gasteiger partial charge in [-0.25, -0.2) is 9.79 Å². The highest BCUT2D eigenvalue weighted by molar-refractivity contribution is 6.12. The van der Waals surface area contributed by atoms with E-state index in [1.54, 1.807) is 12.1 Å². The van der Waals surface area contributed by atoms with Gasteiger partial charge in [-0.15, -0.1) is 0 Å². The Morgan fingerprint density at radius 2 is 1.52 bits per heavy atom. The number of hydrogen-bond donors (Lipinski definition) is 0. The van der Waals surface area contributed by atoms with E-state index in [-0.39, 0.29) is 5.70 Å². The molecule has 0 amide bonds. The van der Waals surface area contributed by atoms with Gasteiger partial charge in [0.05, 0.1) is 0 Å². The third-order valence-corrected chi connectivity index (χ3v) is 3.90. The molecule has 1 aliphatic heterocycles. The molecule has 1 aromatic heterocycles. The molecule has 0 aliphatic carbocycles. The quantitative estimate of drug-likeness (QED) is 0.521. The summed E-state index contributed by atoms with van der Waals surface area (Å²) in [6.07, 6.45) is 1.58. The first-order valence-corrected chi connectivity index (χ1v) is 7.94. The van der Waals surface area contributed by atoms with Gasteiger partial charge in [0.15, 0.2) is 5.70 Å². The van der Waals surface area contributed by atoms with E-state index in [9.17, 15) is 4.79 Å². The van der Waals surface area contributed by atoms with E-state index in [0.29, 0.717) is 11.7 Å². The molecule has 4 heteroatoms. The summed E-state index contributed by atoms with van der Waals surface area (Å²) in [5.41, 5.74) is 3.22. The van der Waals surface area contributed by atoms with Crippen LogP contribution in [0.4, 0.5) is 0 Å². The maximum absolute atomic E-state index is 12.0. The van der Waals surface area contributed by atoms with Crippen molar-refractivity contribution in [2.45, 2.75) is 6.92 Å². The van der Waals surface area contributed by atoms with Crippen LogP contribution in [0.15, 0.2) is 81.8 Å². The number of carbonyl (C=O) groups is 1. The summed E-state index contributed by atoms with van der Waals surface area (Å²) in [5.74, 6) is 1.18. The fourth-order valence-corrected chi connectivity index (χ4v) is 2.63. The summed E-state index contributed by atoms with van der Waals surface area (Å²) in [6.45, 7) is 1.85. The predicted molar refractivity (Wildman–Crippen MR) is 95.9 cm³/mol. The second kappa shape index (κ2) is 6.24. The summed E-state index contributed by atoms with van der Waals surface area (Å²) in [7, 11) is 0. The van der Waals surface area contributed by atoms with Crippen LogP contribution >= 0.6 is 0 Å². The standard InChI is InChI=1S/C21H15NO3/c1-14-7-12-18(24-14)13-19-21(23)25-20(22-19)17-10-8-16(9-11-17)15-5-3-2-4-6-15/h2-13H,1H3/b19-13-. The monoisotopic (exact) mass is 329 g/mol. The molecule has 25 heavy (non-hydrogen) atoms. The number of rotatable bonds is 3. The molecule has 0 saturated heterocycles. The average molecular weight is 329 g/mol. The largest absolute Gasteiger partial charge is 0.462 e. The van der Waals surface area contributed by atoms with Crippen LogP contribution < -0.4 is 0 Å². The molecule has 2 heterocycles. The maximum atomic E-state index is 12.0. The Kier molecular flexibility index (Phi) is 3.78. The summed E-state index contributed by atoms with van der Waals surface area (Å²) in [4.78, 5) is 16.3. The number of aliphatic imine (C=N–C) groups is 1. The first-order chi connectivity index (χ1) is 12.2. The molecule has 0 spiro atoms. The van der Waals surface area contributed by atoms with Crippen LogP contribution in [0, 0.1) is 6.92 Å². The fraction of sp³-hybridized carbons (Fsp3) is 0.0476. The van der Waals surface area contributed by atoms with Crippen molar-refractivity contribution in [3.05, 3.63) is 89.5 Å². The molecule has 3 aromatic rings. The van der Waals surface area contributed by atoms with Gasteiger partial charge in [-0.1, -0.05) is 42.5 Å². The van der Waals surface area contributed by atoms with Crippen LogP contribution in [-0.4, -0.2) is 11.9 Å². The van der Waals surface area contributed by atoms with Gasteiger partial charge in [0.25, 0.3) is 0 Å². The highest BCUT2D eigenvalue weighted by Gasteiger charge is 2.24. The maximum Gasteiger partial charge on any atom is 0.363 e. The minimum atomic E-state index is -0.476. The zero-order valence-corrected chi connectivity index (χ0v) is 13.6. The van der Waals surface area contributed by atoms with Gasteiger partial charge >= 0.3 is 5.97 Å². The molecule has 122 valence electrons. The van der Waals surface area contributed by atoms with Crippen molar-refractivity contribution in [2.75, 3.05) is 0 Å². The summed E-state index contributed by atoms with van der Waals surface area (Å²) in [6, 6.07) is 21.5. The Balaban J connectivity index is 1.61. The van der Waals surface area contributed by atoms with Crippen molar-refractivity contribution in [1.82, 2.24) is 0 Å². The zero-order valence-electron chi connectivity index (χ0n) is 13.6. The van der Waals surface area contributed by atoms with E-state index in [2.05, 4.69) is 4.99 Å². The fourth-order valence-electron chi connectivity index (χ4n) is 2.63. The molecule has 1 aliphatic rings. The van der Waals surface area contributed by atoms with Crippen molar-refractivity contribution < 1.29 is 13.9 Å². The molecule has 4 rings (SSSR count). The Labute approximate surface area is 145 Å². The van der Waals surface area contributed by atoms with Crippen molar-refractivity contribution in [2.24, 2.45) is 4.99 Å². The van der Waals surface area contributed by atoms with E-state index in [1.807, 2.05) is 67.6 Å². The molecule has 0 radical (unpaired) electrons. The van der Waals surface area contributed by atoms with Crippen LogP contribution in [-0.2, 0) is 9.53 Å². The van der Waals surface area contributed by atoms with Gasteiger partial charge < -0.3 is 9.15 Å². The number of aryl methyl sites for hydroxylation is 1. The number of hydrogen-bond acceptors (Lipinski definition) is 4. The minimum Gasteiger partial charge on any atom is -0.462 e. The van der Waals surface area contributed by atoms with Crippen molar-refractivity contribution >= 4 is 17.9 Å². The SMILES string of the molecule is Cc1ccc(/C=C2\N=C(c3ccc(-c4ccccc4)cc3)OC2=O)o1. The minimum absolute atomic E-state index is 0.233. The Morgan fingerprint density at radius 1 is 0.840 bits per heavy atom. The first-order valence-electron chi connectivity index (χ1n) is 7.94. The smallest absolute Gasteiger partial charge is 0.363 e. The van der Waals surface area contributed by atoms with Crippen LogP contribution in [0.1, 0.15) is 17.1 Å². The molecule has 4 nitrogen and oxygen atoms in total. The number of benzene rings is 2. The number of esters is 1. The molecular formula is C21H15NO3. The highest BCUT2D eigenvalue weighted by atomic mass is 16.6. The zero-order chi connectivity index (χ0) is 17.2.